The molecule has 1 aromatic heterocycles. The minimum atomic E-state index is -0.0107. The number of amides is 1. The van der Waals surface area contributed by atoms with Crippen LogP contribution in [0.2, 0.25) is 0 Å². The monoisotopic (exact) mass is 407 g/mol. The Morgan fingerprint density at radius 3 is 2.53 bits per heavy atom. The second-order valence-corrected chi connectivity index (χ2v) is 7.04. The van der Waals surface area contributed by atoms with Gasteiger partial charge in [-0.15, -0.1) is 0 Å². The average Bonchev–Trinajstić information content (AvgIpc) is 3.12. The van der Waals surface area contributed by atoms with E-state index in [0.717, 1.165) is 34.7 Å². The lowest BCUT2D eigenvalue weighted by Gasteiger charge is -2.13. The second-order valence-electron chi connectivity index (χ2n) is 7.04. The van der Waals surface area contributed by atoms with Crippen LogP contribution in [0.1, 0.15) is 30.2 Å². The van der Waals surface area contributed by atoms with Crippen LogP contribution in [0.5, 0.6) is 11.6 Å². The van der Waals surface area contributed by atoms with E-state index in [9.17, 15) is 4.79 Å². The first-order valence-corrected chi connectivity index (χ1v) is 10.3. The number of ether oxygens (including phenoxy) is 2. The number of carbonyl (C=O) groups excluding carboxylic acids is 1. The van der Waals surface area contributed by atoms with E-state index in [2.05, 4.69) is 12.2 Å². The molecule has 1 heterocycles. The first kappa shape index (κ1) is 21.6. The van der Waals surface area contributed by atoms with Crippen LogP contribution in [0.25, 0.3) is 5.69 Å². The van der Waals surface area contributed by atoms with Crippen molar-refractivity contribution in [1.29, 1.82) is 0 Å². The van der Waals surface area contributed by atoms with Crippen LogP contribution in [0.15, 0.2) is 54.6 Å². The van der Waals surface area contributed by atoms with E-state index in [4.69, 9.17) is 14.6 Å². The maximum absolute atomic E-state index is 12.3. The average molecular weight is 408 g/mol. The van der Waals surface area contributed by atoms with Gasteiger partial charge in [0, 0.05) is 25.6 Å². The van der Waals surface area contributed by atoms with E-state index in [1.54, 1.807) is 7.11 Å². The van der Waals surface area contributed by atoms with Crippen LogP contribution in [0, 0.1) is 6.92 Å². The largest absolute Gasteiger partial charge is 0.438 e. The Kier molecular flexibility index (Phi) is 7.63. The van der Waals surface area contributed by atoms with Crippen LogP contribution < -0.4 is 10.1 Å². The first-order valence-electron chi connectivity index (χ1n) is 10.3. The number of aromatic nitrogens is 2. The number of para-hydroxylation sites is 2. The van der Waals surface area contributed by atoms with Crippen LogP contribution >= 0.6 is 0 Å². The SMILES string of the molecule is CCc1nn(-c2ccccc2)c(Oc2ccccc2C)c1CCC(=O)NCCOC. The number of benzene rings is 2. The fourth-order valence-corrected chi connectivity index (χ4v) is 3.26. The number of hydrogen-bond donors (Lipinski definition) is 1. The molecule has 0 spiro atoms. The molecule has 158 valence electrons. The Labute approximate surface area is 177 Å². The lowest BCUT2D eigenvalue weighted by molar-refractivity contribution is -0.121. The van der Waals surface area contributed by atoms with Gasteiger partial charge in [-0.2, -0.15) is 5.10 Å². The first-order chi connectivity index (χ1) is 14.6. The summed E-state index contributed by atoms with van der Waals surface area (Å²) in [4.78, 5) is 12.3. The molecule has 3 rings (SSSR count). The van der Waals surface area contributed by atoms with Gasteiger partial charge in [0.25, 0.3) is 0 Å². The van der Waals surface area contributed by atoms with Gasteiger partial charge in [0.05, 0.1) is 18.0 Å². The van der Waals surface area contributed by atoms with Crippen molar-refractivity contribution in [2.75, 3.05) is 20.3 Å². The van der Waals surface area contributed by atoms with Crippen molar-refractivity contribution < 1.29 is 14.3 Å². The number of aryl methyl sites for hydroxylation is 2. The maximum Gasteiger partial charge on any atom is 0.226 e. The van der Waals surface area contributed by atoms with Gasteiger partial charge in [-0.05, 0) is 43.5 Å². The van der Waals surface area contributed by atoms with E-state index >= 15 is 0 Å². The molecule has 0 aliphatic rings. The predicted molar refractivity (Wildman–Crippen MR) is 117 cm³/mol. The van der Waals surface area contributed by atoms with E-state index < -0.39 is 0 Å². The highest BCUT2D eigenvalue weighted by molar-refractivity contribution is 5.76. The van der Waals surface area contributed by atoms with Crippen LogP contribution in [0.4, 0.5) is 0 Å². The molecule has 1 amide bonds. The van der Waals surface area contributed by atoms with E-state index in [0.29, 0.717) is 31.9 Å². The van der Waals surface area contributed by atoms with Crippen LogP contribution in [-0.2, 0) is 22.4 Å². The zero-order valence-corrected chi connectivity index (χ0v) is 17.9. The molecular formula is C24H29N3O3. The van der Waals surface area contributed by atoms with Gasteiger partial charge in [0.2, 0.25) is 11.8 Å². The van der Waals surface area contributed by atoms with Crippen LogP contribution in [0.3, 0.4) is 0 Å². The summed E-state index contributed by atoms with van der Waals surface area (Å²) in [5.74, 6) is 1.43. The molecule has 30 heavy (non-hydrogen) atoms. The van der Waals surface area contributed by atoms with E-state index in [-0.39, 0.29) is 5.91 Å². The molecule has 2 aromatic carbocycles. The summed E-state index contributed by atoms with van der Waals surface area (Å²) in [7, 11) is 1.62. The molecule has 6 heteroatoms. The summed E-state index contributed by atoms with van der Waals surface area (Å²) in [5.41, 5.74) is 3.87. The quantitative estimate of drug-likeness (QED) is 0.511. The summed E-state index contributed by atoms with van der Waals surface area (Å²) in [6.45, 7) is 5.09. The van der Waals surface area contributed by atoms with Gasteiger partial charge in [-0.25, -0.2) is 4.68 Å². The lowest BCUT2D eigenvalue weighted by atomic mass is 10.1. The molecule has 3 aromatic rings. The molecular weight excluding hydrogens is 378 g/mol. The fraction of sp³-hybridized carbons (Fsp3) is 0.333. The van der Waals surface area contributed by atoms with Crippen molar-refractivity contribution in [1.82, 2.24) is 15.1 Å². The molecule has 0 atom stereocenters. The predicted octanol–water partition coefficient (Wildman–Crippen LogP) is 4.23. The molecule has 6 nitrogen and oxygen atoms in total. The van der Waals surface area contributed by atoms with Crippen LogP contribution in [-0.4, -0.2) is 35.9 Å². The standard InChI is InChI=1S/C24H29N3O3/c1-4-21-20(14-15-23(28)25-16-17-29-3)24(30-22-13-9-8-10-18(22)2)27(26-21)19-11-6-5-7-12-19/h5-13H,4,14-17H2,1-3H3,(H,25,28). The molecule has 0 aliphatic heterocycles. The normalized spacial score (nSPS) is 10.8. The topological polar surface area (TPSA) is 65.4 Å². The molecule has 0 saturated heterocycles. The van der Waals surface area contributed by atoms with Gasteiger partial charge in [-0.3, -0.25) is 4.79 Å². The number of methoxy groups -OCH3 is 1. The van der Waals surface area contributed by atoms with Gasteiger partial charge in [0.15, 0.2) is 0 Å². The zero-order valence-electron chi connectivity index (χ0n) is 17.9. The lowest BCUT2D eigenvalue weighted by Crippen LogP contribution is -2.27. The number of hydrogen-bond acceptors (Lipinski definition) is 4. The summed E-state index contributed by atoms with van der Waals surface area (Å²) in [6.07, 6.45) is 1.67. The van der Waals surface area contributed by atoms with Crippen molar-refractivity contribution in [2.45, 2.75) is 33.1 Å². The molecule has 0 aliphatic carbocycles. The van der Waals surface area contributed by atoms with Gasteiger partial charge in [-0.1, -0.05) is 43.3 Å². The molecule has 0 radical (unpaired) electrons. The third kappa shape index (κ3) is 5.27. The van der Waals surface area contributed by atoms with E-state index in [1.807, 2.05) is 66.2 Å². The second kappa shape index (κ2) is 10.6. The highest BCUT2D eigenvalue weighted by Crippen LogP contribution is 2.33. The Morgan fingerprint density at radius 1 is 1.10 bits per heavy atom. The summed E-state index contributed by atoms with van der Waals surface area (Å²) in [6, 6.07) is 17.8. The summed E-state index contributed by atoms with van der Waals surface area (Å²) in [5, 5.41) is 7.69. The van der Waals surface area contributed by atoms with Gasteiger partial charge >= 0.3 is 0 Å². The van der Waals surface area contributed by atoms with Gasteiger partial charge in [0.1, 0.15) is 5.75 Å². The van der Waals surface area contributed by atoms with Gasteiger partial charge < -0.3 is 14.8 Å². The number of nitrogens with zero attached hydrogens (tertiary/aromatic N) is 2. The highest BCUT2D eigenvalue weighted by atomic mass is 16.5. The summed E-state index contributed by atoms with van der Waals surface area (Å²) < 4.78 is 13.2. The summed E-state index contributed by atoms with van der Waals surface area (Å²) >= 11 is 0. The minimum absolute atomic E-state index is 0.0107. The Hall–Kier alpha value is -3.12. The molecule has 1 N–H and O–H groups in total. The fourth-order valence-electron chi connectivity index (χ4n) is 3.26. The maximum atomic E-state index is 12.3. The van der Waals surface area contributed by atoms with Crippen molar-refractivity contribution in [3.8, 4) is 17.3 Å². The number of nitrogens with one attached hydrogen (secondary N) is 1. The number of rotatable bonds is 10. The zero-order chi connectivity index (χ0) is 21.3. The van der Waals surface area contributed by atoms with Crippen molar-refractivity contribution in [3.63, 3.8) is 0 Å². The molecule has 0 fully saturated rings. The Morgan fingerprint density at radius 2 is 1.83 bits per heavy atom. The third-order valence-corrected chi connectivity index (χ3v) is 4.89. The smallest absolute Gasteiger partial charge is 0.226 e. The molecule has 0 unspecified atom stereocenters. The van der Waals surface area contributed by atoms with E-state index in [1.165, 1.54) is 0 Å². The molecule has 0 bridgehead atoms. The Balaban J connectivity index is 1.94. The van der Waals surface area contributed by atoms with Crippen molar-refractivity contribution >= 4 is 5.91 Å². The Bertz CT molecular complexity index is 967. The van der Waals surface area contributed by atoms with Crippen molar-refractivity contribution in [3.05, 3.63) is 71.4 Å². The minimum Gasteiger partial charge on any atom is -0.438 e. The highest BCUT2D eigenvalue weighted by Gasteiger charge is 2.21. The number of carbonyl (C=O) groups is 1. The molecule has 0 saturated carbocycles. The third-order valence-electron chi connectivity index (χ3n) is 4.89. The van der Waals surface area contributed by atoms with Crippen molar-refractivity contribution in [2.24, 2.45) is 0 Å².